The van der Waals surface area contributed by atoms with Gasteiger partial charge in [0.15, 0.2) is 0 Å². The van der Waals surface area contributed by atoms with E-state index in [1.807, 2.05) is 0 Å². The van der Waals surface area contributed by atoms with Crippen LogP contribution < -0.4 is 0 Å². The van der Waals surface area contributed by atoms with E-state index in [2.05, 4.69) is 15.9 Å². The molecule has 0 amide bonds. The van der Waals surface area contributed by atoms with Crippen molar-refractivity contribution in [1.29, 1.82) is 0 Å². The molecule has 0 spiro atoms. The molecule has 0 aliphatic carbocycles. The van der Waals surface area contributed by atoms with Crippen molar-refractivity contribution in [3.05, 3.63) is 29.8 Å². The number of rotatable bonds is 4. The number of alkyl halides is 1. The zero-order valence-corrected chi connectivity index (χ0v) is 13.2. The van der Waals surface area contributed by atoms with Crippen molar-refractivity contribution < 1.29 is 18.3 Å². The minimum Gasteiger partial charge on any atom is -0.481 e. The molecule has 1 aromatic carbocycles. The Morgan fingerprint density at radius 2 is 1.80 bits per heavy atom. The predicted molar refractivity (Wildman–Crippen MR) is 78.2 cm³/mol. The van der Waals surface area contributed by atoms with Gasteiger partial charge in [0.2, 0.25) is 10.0 Å². The van der Waals surface area contributed by atoms with Crippen LogP contribution in [0.15, 0.2) is 29.2 Å². The lowest BCUT2D eigenvalue weighted by molar-refractivity contribution is -0.142. The highest BCUT2D eigenvalue weighted by Gasteiger charge is 2.31. The number of hydrogen-bond acceptors (Lipinski definition) is 3. The van der Waals surface area contributed by atoms with Gasteiger partial charge in [-0.1, -0.05) is 28.1 Å². The van der Waals surface area contributed by atoms with Gasteiger partial charge >= 0.3 is 5.97 Å². The zero-order chi connectivity index (χ0) is 14.8. The quantitative estimate of drug-likeness (QED) is 0.833. The van der Waals surface area contributed by atoms with E-state index in [0.29, 0.717) is 18.2 Å². The van der Waals surface area contributed by atoms with Crippen LogP contribution in [0.3, 0.4) is 0 Å². The van der Waals surface area contributed by atoms with Crippen molar-refractivity contribution in [3.63, 3.8) is 0 Å². The van der Waals surface area contributed by atoms with E-state index in [0.717, 1.165) is 5.56 Å². The molecule has 0 unspecified atom stereocenters. The number of piperidine rings is 1. The topological polar surface area (TPSA) is 74.7 Å². The fourth-order valence-electron chi connectivity index (χ4n) is 2.24. The summed E-state index contributed by atoms with van der Waals surface area (Å²) in [7, 11) is -3.51. The molecule has 0 radical (unpaired) electrons. The standard InChI is InChI=1S/C13H16BrNO4S/c14-9-10-1-3-12(4-2-10)20(18,19)15-7-5-11(6-8-15)13(16)17/h1-4,11H,5-9H2,(H,16,17). The van der Waals surface area contributed by atoms with Crippen LogP contribution in [-0.2, 0) is 20.1 Å². The lowest BCUT2D eigenvalue weighted by atomic mass is 9.99. The van der Waals surface area contributed by atoms with Gasteiger partial charge in [-0.25, -0.2) is 8.42 Å². The van der Waals surface area contributed by atoms with Crippen LogP contribution in [0.4, 0.5) is 0 Å². The van der Waals surface area contributed by atoms with Crippen molar-refractivity contribution in [2.45, 2.75) is 23.1 Å². The van der Waals surface area contributed by atoms with Gasteiger partial charge in [0.05, 0.1) is 10.8 Å². The van der Waals surface area contributed by atoms with Crippen molar-refractivity contribution in [2.75, 3.05) is 13.1 Å². The molecule has 0 bridgehead atoms. The van der Waals surface area contributed by atoms with Gasteiger partial charge in [-0.2, -0.15) is 4.31 Å². The van der Waals surface area contributed by atoms with Crippen molar-refractivity contribution in [2.24, 2.45) is 5.92 Å². The van der Waals surface area contributed by atoms with Gasteiger partial charge in [-0.05, 0) is 30.5 Å². The molecule has 110 valence electrons. The molecular weight excluding hydrogens is 346 g/mol. The molecule has 0 saturated carbocycles. The number of carboxylic acids is 1. The van der Waals surface area contributed by atoms with Gasteiger partial charge in [0.1, 0.15) is 0 Å². The molecule has 20 heavy (non-hydrogen) atoms. The molecule has 0 aromatic heterocycles. The first-order valence-corrected chi connectivity index (χ1v) is 8.89. The molecule has 1 aliphatic rings. The fourth-order valence-corrected chi connectivity index (χ4v) is 4.09. The van der Waals surface area contributed by atoms with Crippen LogP contribution >= 0.6 is 15.9 Å². The van der Waals surface area contributed by atoms with Crippen LogP contribution in [0.2, 0.25) is 0 Å². The molecule has 1 N–H and O–H groups in total. The largest absolute Gasteiger partial charge is 0.481 e. The third kappa shape index (κ3) is 3.21. The fraction of sp³-hybridized carbons (Fsp3) is 0.462. The van der Waals surface area contributed by atoms with Crippen LogP contribution in [-0.4, -0.2) is 36.9 Å². The minimum absolute atomic E-state index is 0.260. The molecule has 1 aliphatic heterocycles. The number of benzene rings is 1. The summed E-state index contributed by atoms with van der Waals surface area (Å²) in [6.45, 7) is 0.527. The number of carboxylic acid groups (broad SMARTS) is 1. The van der Waals surface area contributed by atoms with Gasteiger partial charge in [0.25, 0.3) is 0 Å². The third-order valence-corrected chi connectivity index (χ3v) is 6.08. The summed E-state index contributed by atoms with van der Waals surface area (Å²) >= 11 is 3.31. The first-order chi connectivity index (χ1) is 9.45. The lowest BCUT2D eigenvalue weighted by Crippen LogP contribution is -2.40. The van der Waals surface area contributed by atoms with Crippen LogP contribution in [0.1, 0.15) is 18.4 Å². The number of halogens is 1. The number of nitrogens with zero attached hydrogens (tertiary/aromatic N) is 1. The molecule has 0 atom stereocenters. The van der Waals surface area contributed by atoms with E-state index in [1.54, 1.807) is 24.3 Å². The molecule has 1 heterocycles. The molecule has 2 rings (SSSR count). The summed E-state index contributed by atoms with van der Waals surface area (Å²) in [6, 6.07) is 6.72. The Kier molecular flexibility index (Phi) is 4.82. The molecule has 7 heteroatoms. The average molecular weight is 362 g/mol. The van der Waals surface area contributed by atoms with E-state index >= 15 is 0 Å². The molecule has 1 fully saturated rings. The highest BCUT2D eigenvalue weighted by atomic mass is 79.9. The van der Waals surface area contributed by atoms with Gasteiger partial charge in [-0.15, -0.1) is 0 Å². The first kappa shape index (κ1) is 15.5. The lowest BCUT2D eigenvalue weighted by Gasteiger charge is -2.29. The van der Waals surface area contributed by atoms with E-state index in [9.17, 15) is 13.2 Å². The number of carbonyl (C=O) groups is 1. The zero-order valence-electron chi connectivity index (χ0n) is 10.8. The Morgan fingerprint density at radius 3 is 2.25 bits per heavy atom. The molecule has 1 aromatic rings. The summed E-state index contributed by atoms with van der Waals surface area (Å²) in [6.07, 6.45) is 0.738. The Bertz CT molecular complexity index is 577. The van der Waals surface area contributed by atoms with Crippen LogP contribution in [0, 0.1) is 5.92 Å². The maximum atomic E-state index is 12.4. The number of aliphatic carboxylic acids is 1. The van der Waals surface area contributed by atoms with Crippen molar-refractivity contribution in [3.8, 4) is 0 Å². The smallest absolute Gasteiger partial charge is 0.306 e. The highest BCUT2D eigenvalue weighted by Crippen LogP contribution is 2.24. The number of hydrogen-bond donors (Lipinski definition) is 1. The van der Waals surface area contributed by atoms with Gasteiger partial charge in [0, 0.05) is 18.4 Å². The van der Waals surface area contributed by atoms with E-state index in [-0.39, 0.29) is 18.0 Å². The normalized spacial score (nSPS) is 18.1. The molecule has 5 nitrogen and oxygen atoms in total. The third-order valence-electron chi connectivity index (χ3n) is 3.52. The van der Waals surface area contributed by atoms with E-state index < -0.39 is 21.9 Å². The average Bonchev–Trinajstić information content (AvgIpc) is 2.47. The summed E-state index contributed by atoms with van der Waals surface area (Å²) in [5.41, 5.74) is 1.01. The van der Waals surface area contributed by atoms with E-state index in [1.165, 1.54) is 4.31 Å². The van der Waals surface area contributed by atoms with Crippen molar-refractivity contribution >= 4 is 31.9 Å². The first-order valence-electron chi connectivity index (χ1n) is 6.33. The van der Waals surface area contributed by atoms with E-state index in [4.69, 9.17) is 5.11 Å². The maximum Gasteiger partial charge on any atom is 0.306 e. The summed E-state index contributed by atoms with van der Waals surface area (Å²) in [5.74, 6) is -1.28. The summed E-state index contributed by atoms with van der Waals surface area (Å²) in [4.78, 5) is 11.1. The minimum atomic E-state index is -3.51. The Labute approximate surface area is 126 Å². The van der Waals surface area contributed by atoms with Crippen LogP contribution in [0.5, 0.6) is 0 Å². The Hall–Kier alpha value is -0.920. The highest BCUT2D eigenvalue weighted by molar-refractivity contribution is 9.08. The van der Waals surface area contributed by atoms with Gasteiger partial charge < -0.3 is 5.11 Å². The summed E-state index contributed by atoms with van der Waals surface area (Å²) in [5, 5.41) is 9.61. The summed E-state index contributed by atoms with van der Waals surface area (Å²) < 4.78 is 26.2. The monoisotopic (exact) mass is 361 g/mol. The molecule has 1 saturated heterocycles. The van der Waals surface area contributed by atoms with Crippen molar-refractivity contribution in [1.82, 2.24) is 4.31 Å². The number of sulfonamides is 1. The maximum absolute atomic E-state index is 12.4. The molecular formula is C13H16BrNO4S. The Morgan fingerprint density at radius 1 is 1.25 bits per heavy atom. The predicted octanol–water partition coefficient (Wildman–Crippen LogP) is 2.07. The second kappa shape index (κ2) is 6.24. The SMILES string of the molecule is O=C(O)C1CCN(S(=O)(=O)c2ccc(CBr)cc2)CC1. The van der Waals surface area contributed by atoms with Gasteiger partial charge in [-0.3, -0.25) is 4.79 Å². The van der Waals surface area contributed by atoms with Crippen LogP contribution in [0.25, 0.3) is 0 Å². The Balaban J connectivity index is 2.13. The second-order valence-corrected chi connectivity index (χ2v) is 7.29. The second-order valence-electron chi connectivity index (χ2n) is 4.79.